The van der Waals surface area contributed by atoms with Gasteiger partial charge in [-0.15, -0.1) is 0 Å². The first-order valence-electron chi connectivity index (χ1n) is 11.0. The van der Waals surface area contributed by atoms with Crippen LogP contribution >= 0.6 is 0 Å². The van der Waals surface area contributed by atoms with E-state index in [-0.39, 0.29) is 34.5 Å². The van der Waals surface area contributed by atoms with Crippen molar-refractivity contribution in [2.24, 2.45) is 0 Å². The van der Waals surface area contributed by atoms with E-state index >= 15 is 0 Å². The van der Waals surface area contributed by atoms with E-state index in [9.17, 15) is 52.8 Å². The lowest BCUT2D eigenvalue weighted by Crippen LogP contribution is -2.44. The van der Waals surface area contributed by atoms with Crippen LogP contribution in [0.5, 0.6) is 11.5 Å². The number of phenols is 2. The van der Waals surface area contributed by atoms with Gasteiger partial charge in [0.25, 0.3) is 0 Å². The van der Waals surface area contributed by atoms with Crippen molar-refractivity contribution in [3.63, 3.8) is 0 Å². The number of phenolic OH excluding ortho intramolecular Hbond substituents is 2. The Balaban J connectivity index is 1.73. The van der Waals surface area contributed by atoms with Crippen LogP contribution in [0.4, 0.5) is 18.9 Å². The van der Waals surface area contributed by atoms with Crippen molar-refractivity contribution < 1.29 is 52.8 Å². The molecule has 4 rings (SSSR count). The van der Waals surface area contributed by atoms with Crippen LogP contribution in [0.3, 0.4) is 0 Å². The van der Waals surface area contributed by atoms with Crippen LogP contribution in [0.2, 0.25) is 0 Å². The molecule has 2 aromatic carbocycles. The predicted octanol–water partition coefficient (Wildman–Crippen LogP) is 1.26. The van der Waals surface area contributed by atoms with Crippen molar-refractivity contribution in [2.75, 3.05) is 18.4 Å². The van der Waals surface area contributed by atoms with E-state index in [0.717, 1.165) is 6.92 Å². The Bertz CT molecular complexity index is 1370. The first-order valence-corrected chi connectivity index (χ1v) is 11.0. The number of alkyl halides is 3. The second-order valence-corrected chi connectivity index (χ2v) is 8.89. The van der Waals surface area contributed by atoms with Crippen LogP contribution in [0.1, 0.15) is 62.4 Å². The zero-order valence-corrected chi connectivity index (χ0v) is 19.2. The maximum atomic E-state index is 13.5. The molecular weight excluding hydrogens is 501 g/mol. The average Bonchev–Trinajstić information content (AvgIpc) is 2.81. The molecule has 0 radical (unpaired) electrons. The Hall–Kier alpha value is -3.97. The van der Waals surface area contributed by atoms with Crippen LogP contribution in [0, 0.1) is 0 Å². The van der Waals surface area contributed by atoms with E-state index in [2.05, 4.69) is 5.32 Å². The van der Waals surface area contributed by atoms with Gasteiger partial charge >= 0.3 is 12.1 Å². The molecule has 0 saturated heterocycles. The maximum Gasteiger partial charge on any atom is 0.471 e. The van der Waals surface area contributed by atoms with Gasteiger partial charge in [0.1, 0.15) is 17.1 Å². The second kappa shape index (κ2) is 8.85. The molecule has 6 N–H and O–H groups in total. The minimum absolute atomic E-state index is 0.0193. The van der Waals surface area contributed by atoms with Crippen LogP contribution in [0.15, 0.2) is 18.2 Å². The Morgan fingerprint density at radius 1 is 1.05 bits per heavy atom. The number of carbonyl (C=O) groups is 4. The summed E-state index contributed by atoms with van der Waals surface area (Å²) < 4.78 is 37.1. The predicted molar refractivity (Wildman–Crippen MR) is 120 cm³/mol. The van der Waals surface area contributed by atoms with Gasteiger partial charge in [-0.1, -0.05) is 12.1 Å². The number of halogens is 3. The fraction of sp³-hybridized carbons (Fsp3) is 0.333. The molecule has 13 heteroatoms. The van der Waals surface area contributed by atoms with E-state index in [1.807, 2.05) is 0 Å². The largest absolute Gasteiger partial charge is 0.507 e. The fourth-order valence-electron chi connectivity index (χ4n) is 4.69. The van der Waals surface area contributed by atoms with Crippen molar-refractivity contribution >= 4 is 28.9 Å². The molecule has 0 spiro atoms. The van der Waals surface area contributed by atoms with Gasteiger partial charge in [0.15, 0.2) is 17.3 Å². The number of hydrogen-bond acceptors (Lipinski definition) is 9. The van der Waals surface area contributed by atoms with Crippen molar-refractivity contribution in [3.8, 4) is 11.5 Å². The smallest absolute Gasteiger partial charge is 0.471 e. The molecule has 0 aromatic heterocycles. The van der Waals surface area contributed by atoms with E-state index in [4.69, 9.17) is 0 Å². The van der Waals surface area contributed by atoms with Gasteiger partial charge in [0.2, 0.25) is 0 Å². The number of amides is 1. The lowest BCUT2D eigenvalue weighted by atomic mass is 9.72. The van der Waals surface area contributed by atoms with Gasteiger partial charge in [-0.2, -0.15) is 13.2 Å². The van der Waals surface area contributed by atoms with Crippen LogP contribution < -0.4 is 10.6 Å². The molecule has 2 atom stereocenters. The highest BCUT2D eigenvalue weighted by Crippen LogP contribution is 2.50. The van der Waals surface area contributed by atoms with Gasteiger partial charge in [-0.25, -0.2) is 0 Å². The number of carbonyl (C=O) groups excluding carboxylic acids is 4. The first-order chi connectivity index (χ1) is 17.2. The number of nitrogens with one attached hydrogen (secondary N) is 2. The standard InChI is InChI=1S/C24H21F3N2O8/c1-9(30)23(37)7-11-15(13(31)8-23)21(35)17-16(19(11)33)18(32)10-3-2-4-12(14(10)20(17)34)28-5-6-29-22(36)24(25,26)27/h2-4,13,28,31,33,35,37H,5-8H2,1H3,(H,29,36)/t13-,23-/m0/s1. The van der Waals surface area contributed by atoms with Crippen LogP contribution in [-0.2, 0) is 16.0 Å². The maximum absolute atomic E-state index is 13.5. The summed E-state index contributed by atoms with van der Waals surface area (Å²) in [6.45, 7) is 0.364. The number of aromatic hydroxyl groups is 2. The zero-order valence-electron chi connectivity index (χ0n) is 19.2. The summed E-state index contributed by atoms with van der Waals surface area (Å²) in [5, 5.41) is 47.4. The van der Waals surface area contributed by atoms with Crippen LogP contribution in [-0.4, -0.2) is 68.5 Å². The minimum atomic E-state index is -5.07. The molecule has 2 aromatic rings. The summed E-state index contributed by atoms with van der Waals surface area (Å²) in [6.07, 6.45) is -7.75. The van der Waals surface area contributed by atoms with Gasteiger partial charge in [-0.3, -0.25) is 19.2 Å². The van der Waals surface area contributed by atoms with Gasteiger partial charge in [-0.05, 0) is 13.0 Å². The highest BCUT2D eigenvalue weighted by Gasteiger charge is 2.47. The highest BCUT2D eigenvalue weighted by molar-refractivity contribution is 6.32. The Labute approximate surface area is 206 Å². The summed E-state index contributed by atoms with van der Waals surface area (Å²) in [7, 11) is 0. The number of benzene rings is 2. The van der Waals surface area contributed by atoms with Crippen molar-refractivity contribution in [1.82, 2.24) is 5.32 Å². The quantitative estimate of drug-likeness (QED) is 0.213. The molecule has 37 heavy (non-hydrogen) atoms. The zero-order chi connectivity index (χ0) is 27.4. The summed E-state index contributed by atoms with van der Waals surface area (Å²) in [4.78, 5) is 49.8. The van der Waals surface area contributed by atoms with Crippen molar-refractivity contribution in [3.05, 3.63) is 51.6 Å². The summed E-state index contributed by atoms with van der Waals surface area (Å²) in [5.74, 6) is -6.20. The third kappa shape index (κ3) is 4.19. The number of aliphatic hydroxyl groups is 2. The summed E-state index contributed by atoms with van der Waals surface area (Å²) in [5.41, 5.74) is -4.17. The van der Waals surface area contributed by atoms with Gasteiger partial charge in [0, 0.05) is 48.3 Å². The third-order valence-corrected chi connectivity index (χ3v) is 6.55. The Morgan fingerprint density at radius 3 is 2.32 bits per heavy atom. The molecule has 10 nitrogen and oxygen atoms in total. The lowest BCUT2D eigenvalue weighted by molar-refractivity contribution is -0.173. The second-order valence-electron chi connectivity index (χ2n) is 8.89. The van der Waals surface area contributed by atoms with Crippen LogP contribution in [0.25, 0.3) is 0 Å². The van der Waals surface area contributed by atoms with E-state index in [1.54, 1.807) is 5.32 Å². The number of anilines is 1. The number of ketones is 3. The molecule has 0 bridgehead atoms. The molecule has 196 valence electrons. The summed E-state index contributed by atoms with van der Waals surface area (Å²) in [6, 6.07) is 4.00. The molecule has 0 unspecified atom stereocenters. The number of fused-ring (bicyclic) bond motifs is 3. The van der Waals surface area contributed by atoms with Gasteiger partial charge in [0.05, 0.1) is 22.8 Å². The average molecular weight is 522 g/mol. The first kappa shape index (κ1) is 26.1. The Morgan fingerprint density at radius 2 is 1.70 bits per heavy atom. The molecule has 0 aliphatic heterocycles. The lowest BCUT2D eigenvalue weighted by Gasteiger charge is -2.36. The Kier molecular flexibility index (Phi) is 6.24. The fourth-order valence-corrected chi connectivity index (χ4v) is 4.69. The topological polar surface area (TPSA) is 173 Å². The molecule has 0 fully saturated rings. The molecular formula is C24H21F3N2O8. The molecule has 0 heterocycles. The normalized spacial score (nSPS) is 20.5. The number of aliphatic hydroxyl groups excluding tert-OH is 1. The van der Waals surface area contributed by atoms with Crippen molar-refractivity contribution in [2.45, 2.75) is 37.6 Å². The number of Topliss-reactive ketones (excluding diaryl/α,β-unsaturated/α-hetero) is 1. The van der Waals surface area contributed by atoms with Gasteiger partial charge < -0.3 is 31.1 Å². The summed E-state index contributed by atoms with van der Waals surface area (Å²) >= 11 is 0. The number of rotatable bonds is 5. The SMILES string of the molecule is CC(=O)[C@]1(O)Cc2c(O)c3c(c(O)c2[C@@H](O)C1)C(=O)c1c(NCCNC(=O)C(F)(F)F)cccc1C3=O. The molecule has 1 amide bonds. The minimum Gasteiger partial charge on any atom is -0.507 e. The molecule has 0 saturated carbocycles. The highest BCUT2D eigenvalue weighted by atomic mass is 19.4. The van der Waals surface area contributed by atoms with Crippen molar-refractivity contribution in [1.29, 1.82) is 0 Å². The third-order valence-electron chi connectivity index (χ3n) is 6.55. The van der Waals surface area contributed by atoms with E-state index in [0.29, 0.717) is 0 Å². The van der Waals surface area contributed by atoms with E-state index in [1.165, 1.54) is 18.2 Å². The molecule has 2 aliphatic rings. The molecule has 2 aliphatic carbocycles. The monoisotopic (exact) mass is 522 g/mol. The van der Waals surface area contributed by atoms with E-state index < -0.39 is 83.2 Å². The number of hydrogen-bond donors (Lipinski definition) is 6.